The lowest BCUT2D eigenvalue weighted by Gasteiger charge is -1.99. The molecule has 0 saturated heterocycles. The van der Waals surface area contributed by atoms with Crippen LogP contribution < -0.4 is 0 Å². The first-order chi connectivity index (χ1) is 9.24. The number of hydrogen-bond acceptors (Lipinski definition) is 3. The molecule has 0 aliphatic carbocycles. The fourth-order valence-electron chi connectivity index (χ4n) is 2.04. The standard InChI is InChI=1S/C15H17NO3/c1-2-3-5-10-12-13(15(17)18)14(19-16-12)11-8-6-4-7-9-11/h4,6-9H,2-3,5,10H2,1H3,(H,17,18). The number of carboxylic acid groups (broad SMARTS) is 1. The third-order valence-electron chi connectivity index (χ3n) is 3.03. The van der Waals surface area contributed by atoms with Crippen molar-refractivity contribution in [2.75, 3.05) is 0 Å². The highest BCUT2D eigenvalue weighted by Gasteiger charge is 2.22. The van der Waals surface area contributed by atoms with E-state index in [0.717, 1.165) is 24.8 Å². The van der Waals surface area contributed by atoms with Crippen molar-refractivity contribution in [2.45, 2.75) is 32.6 Å². The fraction of sp³-hybridized carbons (Fsp3) is 0.333. The summed E-state index contributed by atoms with van der Waals surface area (Å²) < 4.78 is 5.24. The Morgan fingerprint density at radius 3 is 2.63 bits per heavy atom. The lowest BCUT2D eigenvalue weighted by Crippen LogP contribution is -2.02. The van der Waals surface area contributed by atoms with Crippen LogP contribution in [-0.4, -0.2) is 16.2 Å². The summed E-state index contributed by atoms with van der Waals surface area (Å²) in [5.74, 6) is -0.633. The van der Waals surface area contributed by atoms with Crippen LogP contribution in [0.25, 0.3) is 11.3 Å². The summed E-state index contributed by atoms with van der Waals surface area (Å²) in [6, 6.07) is 9.22. The van der Waals surface area contributed by atoms with E-state index in [9.17, 15) is 9.90 Å². The molecule has 1 aromatic heterocycles. The number of aromatic nitrogens is 1. The number of aryl methyl sites for hydroxylation is 1. The Morgan fingerprint density at radius 1 is 1.26 bits per heavy atom. The Labute approximate surface area is 112 Å². The summed E-state index contributed by atoms with van der Waals surface area (Å²) in [6.45, 7) is 2.11. The second-order valence-electron chi connectivity index (χ2n) is 4.46. The van der Waals surface area contributed by atoms with E-state index in [1.54, 1.807) is 0 Å². The smallest absolute Gasteiger partial charge is 0.341 e. The predicted molar refractivity (Wildman–Crippen MR) is 72.1 cm³/mol. The molecule has 1 aromatic carbocycles. The van der Waals surface area contributed by atoms with Crippen LogP contribution in [0.2, 0.25) is 0 Å². The molecular weight excluding hydrogens is 242 g/mol. The maximum atomic E-state index is 11.4. The minimum Gasteiger partial charge on any atom is -0.477 e. The lowest BCUT2D eigenvalue weighted by molar-refractivity contribution is 0.0696. The zero-order valence-electron chi connectivity index (χ0n) is 10.9. The minimum atomic E-state index is -0.980. The highest BCUT2D eigenvalue weighted by molar-refractivity contribution is 5.95. The Kier molecular flexibility index (Phi) is 4.34. The summed E-state index contributed by atoms with van der Waals surface area (Å²) in [5.41, 5.74) is 1.48. The monoisotopic (exact) mass is 259 g/mol. The molecule has 4 nitrogen and oxygen atoms in total. The van der Waals surface area contributed by atoms with Gasteiger partial charge in [0.2, 0.25) is 0 Å². The molecule has 1 heterocycles. The summed E-state index contributed by atoms with van der Waals surface area (Å²) in [4.78, 5) is 11.4. The van der Waals surface area contributed by atoms with Crippen molar-refractivity contribution in [2.24, 2.45) is 0 Å². The van der Waals surface area contributed by atoms with E-state index in [1.807, 2.05) is 30.3 Å². The number of rotatable bonds is 6. The van der Waals surface area contributed by atoms with Crippen LogP contribution in [-0.2, 0) is 6.42 Å². The second-order valence-corrected chi connectivity index (χ2v) is 4.46. The summed E-state index contributed by atoms with van der Waals surface area (Å²) in [5, 5.41) is 13.3. The minimum absolute atomic E-state index is 0.197. The molecule has 0 atom stereocenters. The molecule has 4 heteroatoms. The van der Waals surface area contributed by atoms with Gasteiger partial charge in [-0.3, -0.25) is 0 Å². The molecular formula is C15H17NO3. The van der Waals surface area contributed by atoms with Crippen LogP contribution in [0.5, 0.6) is 0 Å². The Morgan fingerprint density at radius 2 is 2.00 bits per heavy atom. The summed E-state index contributed by atoms with van der Waals surface area (Å²) >= 11 is 0. The molecule has 0 saturated carbocycles. The number of carboxylic acids is 1. The van der Waals surface area contributed by atoms with E-state index in [4.69, 9.17) is 4.52 Å². The van der Waals surface area contributed by atoms with E-state index in [2.05, 4.69) is 12.1 Å². The van der Waals surface area contributed by atoms with Gasteiger partial charge in [-0.2, -0.15) is 0 Å². The van der Waals surface area contributed by atoms with Crippen molar-refractivity contribution in [3.63, 3.8) is 0 Å². The van der Waals surface area contributed by atoms with Crippen LogP contribution >= 0.6 is 0 Å². The van der Waals surface area contributed by atoms with Gasteiger partial charge in [0, 0.05) is 5.56 Å². The molecule has 100 valence electrons. The first-order valence-electron chi connectivity index (χ1n) is 6.51. The maximum absolute atomic E-state index is 11.4. The van der Waals surface area contributed by atoms with E-state index in [1.165, 1.54) is 0 Å². The highest BCUT2D eigenvalue weighted by Crippen LogP contribution is 2.27. The van der Waals surface area contributed by atoms with Crippen molar-refractivity contribution in [1.29, 1.82) is 0 Å². The van der Waals surface area contributed by atoms with Gasteiger partial charge < -0.3 is 9.63 Å². The average Bonchev–Trinajstić information content (AvgIpc) is 2.84. The average molecular weight is 259 g/mol. The third-order valence-corrected chi connectivity index (χ3v) is 3.03. The van der Waals surface area contributed by atoms with E-state index >= 15 is 0 Å². The number of nitrogens with zero attached hydrogens (tertiary/aromatic N) is 1. The predicted octanol–water partition coefficient (Wildman–Crippen LogP) is 3.77. The molecule has 0 aliphatic heterocycles. The van der Waals surface area contributed by atoms with Crippen LogP contribution in [0, 0.1) is 0 Å². The molecule has 0 unspecified atom stereocenters. The van der Waals surface area contributed by atoms with Gasteiger partial charge in [-0.15, -0.1) is 0 Å². The van der Waals surface area contributed by atoms with E-state index in [-0.39, 0.29) is 5.56 Å². The third kappa shape index (κ3) is 3.02. The zero-order valence-corrected chi connectivity index (χ0v) is 10.9. The van der Waals surface area contributed by atoms with Crippen LogP contribution in [0.3, 0.4) is 0 Å². The molecule has 0 fully saturated rings. The largest absolute Gasteiger partial charge is 0.477 e. The van der Waals surface area contributed by atoms with Gasteiger partial charge in [-0.05, 0) is 12.8 Å². The number of hydrogen-bond donors (Lipinski definition) is 1. The maximum Gasteiger partial charge on any atom is 0.341 e. The topological polar surface area (TPSA) is 63.3 Å². The summed E-state index contributed by atoms with van der Waals surface area (Å²) in [7, 11) is 0. The number of unbranched alkanes of at least 4 members (excludes halogenated alkanes) is 2. The van der Waals surface area contributed by atoms with Gasteiger partial charge in [0.25, 0.3) is 0 Å². The molecule has 0 amide bonds. The van der Waals surface area contributed by atoms with Crippen molar-refractivity contribution in [1.82, 2.24) is 5.16 Å². The van der Waals surface area contributed by atoms with Gasteiger partial charge >= 0.3 is 5.97 Å². The number of aromatic carboxylic acids is 1. The SMILES string of the molecule is CCCCCc1noc(-c2ccccc2)c1C(=O)O. The van der Waals surface area contributed by atoms with E-state index < -0.39 is 5.97 Å². The first-order valence-corrected chi connectivity index (χ1v) is 6.51. The van der Waals surface area contributed by atoms with Gasteiger partial charge in [-0.1, -0.05) is 55.3 Å². The number of carbonyl (C=O) groups is 1. The Bertz CT molecular complexity index is 546. The number of benzene rings is 1. The van der Waals surface area contributed by atoms with Crippen molar-refractivity contribution in [3.8, 4) is 11.3 Å². The Hall–Kier alpha value is -2.10. The quantitative estimate of drug-likeness (QED) is 0.802. The Balaban J connectivity index is 2.32. The highest BCUT2D eigenvalue weighted by atomic mass is 16.5. The molecule has 2 aromatic rings. The molecule has 2 rings (SSSR count). The zero-order chi connectivity index (χ0) is 13.7. The molecule has 0 bridgehead atoms. The second kappa shape index (κ2) is 6.18. The molecule has 0 spiro atoms. The fourth-order valence-corrected chi connectivity index (χ4v) is 2.04. The van der Waals surface area contributed by atoms with Crippen LogP contribution in [0.1, 0.15) is 42.2 Å². The van der Waals surface area contributed by atoms with Crippen molar-refractivity contribution in [3.05, 3.63) is 41.6 Å². The normalized spacial score (nSPS) is 10.6. The molecule has 0 aliphatic rings. The lowest BCUT2D eigenvalue weighted by atomic mass is 10.0. The molecule has 1 N–H and O–H groups in total. The van der Waals surface area contributed by atoms with Gasteiger partial charge in [0.15, 0.2) is 5.76 Å². The van der Waals surface area contributed by atoms with Crippen molar-refractivity contribution < 1.29 is 14.4 Å². The van der Waals surface area contributed by atoms with Gasteiger partial charge in [-0.25, -0.2) is 4.79 Å². The van der Waals surface area contributed by atoms with Gasteiger partial charge in [0.05, 0.1) is 5.69 Å². The van der Waals surface area contributed by atoms with E-state index in [0.29, 0.717) is 17.9 Å². The summed E-state index contributed by atoms with van der Waals surface area (Å²) in [6.07, 6.45) is 3.72. The molecule has 0 radical (unpaired) electrons. The van der Waals surface area contributed by atoms with Gasteiger partial charge in [0.1, 0.15) is 5.56 Å². The first kappa shape index (κ1) is 13.3. The van der Waals surface area contributed by atoms with Crippen LogP contribution in [0.15, 0.2) is 34.9 Å². The molecule has 19 heavy (non-hydrogen) atoms. The van der Waals surface area contributed by atoms with Crippen molar-refractivity contribution >= 4 is 5.97 Å². The van der Waals surface area contributed by atoms with Crippen LogP contribution in [0.4, 0.5) is 0 Å².